The summed E-state index contributed by atoms with van der Waals surface area (Å²) >= 11 is 3.48. The third-order valence-electron chi connectivity index (χ3n) is 19.4. The van der Waals surface area contributed by atoms with Crippen LogP contribution in [-0.4, -0.2) is 10.9 Å². The molecule has 0 atom stereocenters. The number of hydrogen-bond acceptors (Lipinski definition) is 0. The molecule has 0 N–H and O–H groups in total. The number of fused-ring (bicyclic) bond motifs is 8. The standard InChI is InChI=1S/4C24H23.2C2H6Si.2ClH.2Zr/c4*1-16(2)13-18-14-20-8-6-10-22(23(20)15-18)24-17(3)11-12-19-7-4-5-9-21(19)24;2*1-3-2;;;;/h4*4-12,14-16H,13H2,1-3H3;2*1-2H3;2*1H;;/q4*-1;;;;;2*+2/p-2. The Kier molecular flexibility index (Phi) is 30.0. The van der Waals surface area contributed by atoms with E-state index in [2.05, 4.69) is 376 Å². The topological polar surface area (TPSA) is 0 Å². The Balaban J connectivity index is 0.000000157. The molecule has 6 heteroatoms. The number of rotatable bonds is 12. The van der Waals surface area contributed by atoms with Crippen molar-refractivity contribution in [1.82, 2.24) is 0 Å². The molecule has 0 nitrogen and oxygen atoms in total. The van der Waals surface area contributed by atoms with Gasteiger partial charge in [0.2, 0.25) is 0 Å². The zero-order valence-corrected chi connectivity index (χ0v) is 73.7. The van der Waals surface area contributed by atoms with Crippen LogP contribution in [0.3, 0.4) is 0 Å². The predicted octanol–water partition coefficient (Wildman–Crippen LogP) is 23.1. The minimum Gasteiger partial charge on any atom is -1.00 e. The Hall–Kier alpha value is -7.10. The van der Waals surface area contributed by atoms with Crippen LogP contribution in [0.25, 0.3) is 131 Å². The average molecular weight is 1620 g/mol. The molecule has 0 radical (unpaired) electrons. The predicted molar refractivity (Wildman–Crippen MR) is 458 cm³/mol. The molecule has 0 unspecified atom stereocenters. The summed E-state index contributed by atoms with van der Waals surface area (Å²) in [6, 6.07) is 98.5. The van der Waals surface area contributed by atoms with E-state index in [-0.39, 0.29) is 35.7 Å². The molecule has 0 fully saturated rings. The third kappa shape index (κ3) is 20.4. The van der Waals surface area contributed by atoms with Crippen LogP contribution in [-0.2, 0) is 72.4 Å². The smallest absolute Gasteiger partial charge is 0.0111 e. The molecule has 0 bridgehead atoms. The Morgan fingerprint density at radius 1 is 0.255 bits per heavy atom. The second kappa shape index (κ2) is 38.3. The molecule has 0 aliphatic carbocycles. The van der Waals surface area contributed by atoms with Crippen LogP contribution in [0.5, 0.6) is 0 Å². The minimum absolute atomic E-state index is 0. The van der Waals surface area contributed by atoms with E-state index < -0.39 is 0 Å². The summed E-state index contributed by atoms with van der Waals surface area (Å²) in [5.41, 5.74) is 22.5. The quantitative estimate of drug-likeness (QED) is 0.0845. The van der Waals surface area contributed by atoms with Gasteiger partial charge in [0, 0.05) is 0 Å². The molecule has 0 amide bonds. The van der Waals surface area contributed by atoms with E-state index >= 15 is 0 Å². The van der Waals surface area contributed by atoms with Gasteiger partial charge in [-0.25, -0.2) is 0 Å². The fraction of sp³-hybridized carbons (Fsp3) is 0.240. The summed E-state index contributed by atoms with van der Waals surface area (Å²) in [7, 11) is 0. The molecule has 0 saturated heterocycles. The molecule has 0 aliphatic rings. The summed E-state index contributed by atoms with van der Waals surface area (Å²) in [5.74, 6) is 2.74. The van der Waals surface area contributed by atoms with Crippen molar-refractivity contribution in [2.45, 2.75) is 135 Å². The van der Waals surface area contributed by atoms with Crippen LogP contribution in [0.2, 0.25) is 26.2 Å². The number of aryl methyl sites for hydroxylation is 4. The van der Waals surface area contributed by atoms with Crippen LogP contribution >= 0.6 is 0 Å². The summed E-state index contributed by atoms with van der Waals surface area (Å²) in [6.45, 7) is 36.4. The van der Waals surface area contributed by atoms with Crippen molar-refractivity contribution in [1.29, 1.82) is 0 Å². The first-order valence-corrected chi connectivity index (χ1v) is 50.1. The van der Waals surface area contributed by atoms with Gasteiger partial charge in [-0.3, -0.25) is 0 Å². The zero-order valence-electron chi connectivity index (χ0n) is 65.3. The van der Waals surface area contributed by atoms with Gasteiger partial charge in [0.25, 0.3) is 0 Å². The van der Waals surface area contributed by atoms with Gasteiger partial charge in [-0.05, 0) is 165 Å². The zero-order chi connectivity index (χ0) is 73.9. The molecule has 536 valence electrons. The van der Waals surface area contributed by atoms with Crippen molar-refractivity contribution in [3.8, 4) is 44.5 Å². The first-order chi connectivity index (χ1) is 50.0. The number of halogens is 2. The molecule has 0 aromatic heterocycles. The van der Waals surface area contributed by atoms with Crippen molar-refractivity contribution >= 4 is 97.0 Å². The van der Waals surface area contributed by atoms with E-state index in [1.54, 1.807) is 46.7 Å². The van der Waals surface area contributed by atoms with Crippen LogP contribution in [0.15, 0.2) is 267 Å². The van der Waals surface area contributed by atoms with Crippen molar-refractivity contribution in [2.24, 2.45) is 23.7 Å². The molecule has 0 saturated carbocycles. The molecule has 0 heterocycles. The average Bonchev–Trinajstić information content (AvgIpc) is 1.45. The van der Waals surface area contributed by atoms with Crippen molar-refractivity contribution in [3.63, 3.8) is 0 Å². The SMILES string of the molecule is C[Si](C)=[Zr+2].C[Si](C)=[Zr+2].Cc1ccc2ccccc2c1-c1cccc2[cH-]c(CC(C)C)cc12.Cc1ccc2ccccc2c1-c1cccc2[cH-]c(CC(C)C)cc12.Cc1ccc2ccccc2c1-c1cccc2[cH-]c(CC(C)C)cc12.Cc1ccc2ccccc2c1-c1cccc2[cH-]c(CC(C)C)cc12.[Cl-].[Cl-]. The van der Waals surface area contributed by atoms with Crippen molar-refractivity contribution in [2.75, 3.05) is 0 Å². The Bertz CT molecular complexity index is 4990. The van der Waals surface area contributed by atoms with Gasteiger partial charge in [0.05, 0.1) is 0 Å². The van der Waals surface area contributed by atoms with Crippen LogP contribution in [0, 0.1) is 51.4 Å². The molecular formula is C100H104Cl2Si2Zr2-2. The molecule has 16 aromatic rings. The van der Waals surface area contributed by atoms with Gasteiger partial charge < -0.3 is 24.8 Å². The van der Waals surface area contributed by atoms with E-state index in [0.717, 1.165) is 25.7 Å². The van der Waals surface area contributed by atoms with Gasteiger partial charge in [-0.15, -0.1) is 138 Å². The van der Waals surface area contributed by atoms with Gasteiger partial charge in [0.15, 0.2) is 0 Å². The summed E-state index contributed by atoms with van der Waals surface area (Å²) in [6.07, 6.45) is 4.57. The van der Waals surface area contributed by atoms with Crippen LogP contribution < -0.4 is 24.8 Å². The Morgan fingerprint density at radius 2 is 0.443 bits per heavy atom. The summed E-state index contributed by atoms with van der Waals surface area (Å²) in [5, 5.41) is 21.6. The molecule has 0 spiro atoms. The normalized spacial score (nSPS) is 11.1. The maximum atomic E-state index is 2.39. The third-order valence-corrected chi connectivity index (χ3v) is 19.4. The number of hydrogen-bond donors (Lipinski definition) is 0. The van der Waals surface area contributed by atoms with Crippen molar-refractivity contribution in [3.05, 3.63) is 311 Å². The molecule has 0 aliphatic heterocycles. The van der Waals surface area contributed by atoms with E-state index in [4.69, 9.17) is 0 Å². The van der Waals surface area contributed by atoms with Gasteiger partial charge in [0.1, 0.15) is 0 Å². The minimum atomic E-state index is 0. The second-order valence-electron chi connectivity index (χ2n) is 31.0. The Morgan fingerprint density at radius 3 is 0.632 bits per heavy atom. The van der Waals surface area contributed by atoms with Crippen LogP contribution in [0.4, 0.5) is 0 Å². The van der Waals surface area contributed by atoms with Crippen LogP contribution in [0.1, 0.15) is 99.9 Å². The molecule has 106 heavy (non-hydrogen) atoms. The fourth-order valence-corrected chi connectivity index (χ4v) is 15.4. The molecule has 16 aromatic carbocycles. The monoisotopic (exact) mass is 1610 g/mol. The summed E-state index contributed by atoms with van der Waals surface area (Å²) in [4.78, 5) is 0. The van der Waals surface area contributed by atoms with Gasteiger partial charge in [-0.2, -0.15) is 24.3 Å². The fourth-order valence-electron chi connectivity index (χ4n) is 15.4. The first kappa shape index (κ1) is 82.9. The second-order valence-corrected chi connectivity index (χ2v) is 49.7. The van der Waals surface area contributed by atoms with E-state index in [0.29, 0.717) is 23.7 Å². The van der Waals surface area contributed by atoms with Gasteiger partial charge >= 0.3 is 83.7 Å². The van der Waals surface area contributed by atoms with Crippen molar-refractivity contribution < 1.29 is 71.5 Å². The summed E-state index contributed by atoms with van der Waals surface area (Å²) < 4.78 is 0. The maximum Gasteiger partial charge on any atom is -0.0111 e. The molecular weight excluding hydrogens is 1510 g/mol. The maximum absolute atomic E-state index is 2.39. The van der Waals surface area contributed by atoms with Gasteiger partial charge in [-0.1, -0.05) is 248 Å². The van der Waals surface area contributed by atoms with E-state index in [9.17, 15) is 0 Å². The number of benzene rings is 12. The van der Waals surface area contributed by atoms with E-state index in [1.807, 2.05) is 0 Å². The molecule has 16 rings (SSSR count). The Labute approximate surface area is 676 Å². The van der Waals surface area contributed by atoms with E-state index in [1.165, 1.54) is 175 Å². The largest absolute Gasteiger partial charge is 1.00 e. The first-order valence-electron chi connectivity index (χ1n) is 37.7.